The van der Waals surface area contributed by atoms with Crippen LogP contribution in [0.15, 0.2) is 48.5 Å². The molecule has 0 saturated carbocycles. The number of esters is 2. The van der Waals surface area contributed by atoms with E-state index in [1.54, 1.807) is 39.8 Å². The lowest BCUT2D eigenvalue weighted by Gasteiger charge is -2.24. The minimum absolute atomic E-state index is 0.0416. The Balaban J connectivity index is 2.14. The predicted octanol–water partition coefficient (Wildman–Crippen LogP) is 3.74. The highest BCUT2D eigenvalue weighted by Crippen LogP contribution is 2.12. The number of nitrogens with zero attached hydrogens (tertiary/aromatic N) is 2. The van der Waals surface area contributed by atoms with Gasteiger partial charge < -0.3 is 14.2 Å². The summed E-state index contributed by atoms with van der Waals surface area (Å²) in [6.07, 6.45) is -0.696. The van der Waals surface area contributed by atoms with Crippen molar-refractivity contribution in [2.24, 2.45) is 0 Å². The molecule has 0 aliphatic rings. The molecular weight excluding hydrogens is 400 g/mol. The number of amides is 1. The number of carbonyl (C=O) groups excluding carboxylic acids is 3. The molecule has 0 spiro atoms. The van der Waals surface area contributed by atoms with E-state index in [1.165, 1.54) is 11.0 Å². The molecule has 8 nitrogen and oxygen atoms in total. The quantitative estimate of drug-likeness (QED) is 0.467. The molecule has 0 unspecified atom stereocenters. The molecular formula is C23H28N2O6. The summed E-state index contributed by atoms with van der Waals surface area (Å²) in [5.74, 6) is -1.14. The predicted molar refractivity (Wildman–Crippen MR) is 113 cm³/mol. The molecule has 0 radical (unpaired) electrons. The van der Waals surface area contributed by atoms with E-state index in [-0.39, 0.29) is 32.0 Å². The van der Waals surface area contributed by atoms with Gasteiger partial charge in [0.05, 0.1) is 18.8 Å². The summed E-state index contributed by atoms with van der Waals surface area (Å²) in [5.41, 5.74) is 0.647. The standard InChI is InChI=1S/C23H28N2O6/c1-5-29-21(27)19-13-9-12-18(24-19)14-25(15-20(26)31-23(2,3)4)22(28)30-16-17-10-7-6-8-11-17/h6-13H,5,14-16H2,1-4H3. The van der Waals surface area contributed by atoms with Crippen molar-refractivity contribution in [1.29, 1.82) is 0 Å². The Morgan fingerprint density at radius 3 is 2.32 bits per heavy atom. The number of aromatic nitrogens is 1. The van der Waals surface area contributed by atoms with Crippen molar-refractivity contribution >= 4 is 18.0 Å². The molecule has 2 rings (SSSR count). The Morgan fingerprint density at radius 2 is 1.68 bits per heavy atom. The first-order valence-electron chi connectivity index (χ1n) is 9.98. The summed E-state index contributed by atoms with van der Waals surface area (Å²) in [5, 5.41) is 0. The Hall–Kier alpha value is -3.42. The van der Waals surface area contributed by atoms with Gasteiger partial charge in [-0.2, -0.15) is 0 Å². The molecule has 1 aromatic heterocycles. The van der Waals surface area contributed by atoms with Gasteiger partial charge >= 0.3 is 18.0 Å². The number of pyridine rings is 1. The zero-order valence-electron chi connectivity index (χ0n) is 18.3. The molecule has 0 aliphatic heterocycles. The van der Waals surface area contributed by atoms with Crippen LogP contribution in [0, 0.1) is 0 Å². The van der Waals surface area contributed by atoms with Crippen molar-refractivity contribution in [1.82, 2.24) is 9.88 Å². The number of rotatable bonds is 8. The molecule has 8 heteroatoms. The Labute approximate surface area is 182 Å². The minimum Gasteiger partial charge on any atom is -0.461 e. The van der Waals surface area contributed by atoms with Crippen LogP contribution in [-0.2, 0) is 32.2 Å². The number of carbonyl (C=O) groups is 3. The average Bonchev–Trinajstić information content (AvgIpc) is 2.71. The Kier molecular flexibility index (Phi) is 8.54. The van der Waals surface area contributed by atoms with Gasteiger partial charge in [0.15, 0.2) is 0 Å². The van der Waals surface area contributed by atoms with Gasteiger partial charge in [0.2, 0.25) is 0 Å². The monoisotopic (exact) mass is 428 g/mol. The lowest BCUT2D eigenvalue weighted by Crippen LogP contribution is -2.38. The molecule has 0 saturated heterocycles. The summed E-state index contributed by atoms with van der Waals surface area (Å²) >= 11 is 0. The number of ether oxygens (including phenoxy) is 3. The van der Waals surface area contributed by atoms with Gasteiger partial charge in [-0.15, -0.1) is 0 Å². The first-order chi connectivity index (χ1) is 14.7. The average molecular weight is 428 g/mol. The molecule has 0 aliphatic carbocycles. The van der Waals surface area contributed by atoms with Gasteiger partial charge in [-0.05, 0) is 45.4 Å². The van der Waals surface area contributed by atoms with Crippen molar-refractivity contribution in [2.75, 3.05) is 13.2 Å². The maximum atomic E-state index is 12.7. The van der Waals surface area contributed by atoms with Gasteiger partial charge in [0, 0.05) is 0 Å². The number of hydrogen-bond donors (Lipinski definition) is 0. The van der Waals surface area contributed by atoms with Crippen LogP contribution in [0.25, 0.3) is 0 Å². The van der Waals surface area contributed by atoms with Crippen molar-refractivity contribution < 1.29 is 28.6 Å². The summed E-state index contributed by atoms with van der Waals surface area (Å²) in [4.78, 5) is 42.4. The third kappa shape index (κ3) is 8.46. The van der Waals surface area contributed by atoms with Gasteiger partial charge in [0.25, 0.3) is 0 Å². The van der Waals surface area contributed by atoms with Crippen LogP contribution in [0.5, 0.6) is 0 Å². The van der Waals surface area contributed by atoms with Crippen molar-refractivity contribution in [2.45, 2.75) is 46.4 Å². The summed E-state index contributed by atoms with van der Waals surface area (Å²) < 4.78 is 15.7. The van der Waals surface area contributed by atoms with E-state index in [9.17, 15) is 14.4 Å². The van der Waals surface area contributed by atoms with Gasteiger partial charge in [-0.25, -0.2) is 14.6 Å². The Bertz CT molecular complexity index is 892. The van der Waals surface area contributed by atoms with E-state index >= 15 is 0 Å². The SMILES string of the molecule is CCOC(=O)c1cccc(CN(CC(=O)OC(C)(C)C)C(=O)OCc2ccccc2)n1. The fraction of sp³-hybridized carbons (Fsp3) is 0.391. The van der Waals surface area contributed by atoms with Crippen LogP contribution in [0.3, 0.4) is 0 Å². The zero-order valence-corrected chi connectivity index (χ0v) is 18.3. The van der Waals surface area contributed by atoms with Crippen LogP contribution >= 0.6 is 0 Å². The van der Waals surface area contributed by atoms with Gasteiger partial charge in [-0.3, -0.25) is 9.69 Å². The third-order valence-corrected chi connectivity index (χ3v) is 3.85. The molecule has 31 heavy (non-hydrogen) atoms. The minimum atomic E-state index is -0.696. The first kappa shape index (κ1) is 23.9. The topological polar surface area (TPSA) is 95.0 Å². The van der Waals surface area contributed by atoms with Crippen LogP contribution in [0.2, 0.25) is 0 Å². The second-order valence-corrected chi connectivity index (χ2v) is 7.72. The molecule has 0 atom stereocenters. The van der Waals surface area contributed by atoms with E-state index in [0.717, 1.165) is 5.56 Å². The number of hydrogen-bond acceptors (Lipinski definition) is 7. The molecule has 1 aromatic carbocycles. The van der Waals surface area contributed by atoms with Crippen molar-refractivity contribution in [3.05, 3.63) is 65.5 Å². The van der Waals surface area contributed by atoms with Crippen LogP contribution in [-0.4, -0.2) is 46.7 Å². The van der Waals surface area contributed by atoms with E-state index < -0.39 is 23.6 Å². The van der Waals surface area contributed by atoms with Gasteiger partial charge in [0.1, 0.15) is 24.4 Å². The molecule has 1 heterocycles. The highest BCUT2D eigenvalue weighted by Gasteiger charge is 2.24. The largest absolute Gasteiger partial charge is 0.461 e. The normalized spacial score (nSPS) is 10.8. The van der Waals surface area contributed by atoms with E-state index in [2.05, 4.69) is 4.98 Å². The summed E-state index contributed by atoms with van der Waals surface area (Å²) in [7, 11) is 0. The fourth-order valence-electron chi connectivity index (χ4n) is 2.61. The number of benzene rings is 1. The van der Waals surface area contributed by atoms with E-state index in [0.29, 0.717) is 5.69 Å². The fourth-order valence-corrected chi connectivity index (χ4v) is 2.61. The summed E-state index contributed by atoms with van der Waals surface area (Å²) in [6.45, 7) is 6.85. The highest BCUT2D eigenvalue weighted by molar-refractivity contribution is 5.87. The van der Waals surface area contributed by atoms with Crippen molar-refractivity contribution in [3.8, 4) is 0 Å². The second-order valence-electron chi connectivity index (χ2n) is 7.72. The maximum absolute atomic E-state index is 12.7. The third-order valence-electron chi connectivity index (χ3n) is 3.85. The van der Waals surface area contributed by atoms with Crippen molar-refractivity contribution in [3.63, 3.8) is 0 Å². The highest BCUT2D eigenvalue weighted by atomic mass is 16.6. The molecule has 166 valence electrons. The van der Waals surface area contributed by atoms with E-state index in [4.69, 9.17) is 14.2 Å². The lowest BCUT2D eigenvalue weighted by molar-refractivity contribution is -0.155. The molecule has 0 bridgehead atoms. The zero-order chi connectivity index (χ0) is 22.9. The molecule has 2 aromatic rings. The van der Waals surface area contributed by atoms with E-state index in [1.807, 2.05) is 30.3 Å². The Morgan fingerprint density at radius 1 is 0.968 bits per heavy atom. The maximum Gasteiger partial charge on any atom is 0.410 e. The van der Waals surface area contributed by atoms with Crippen LogP contribution < -0.4 is 0 Å². The van der Waals surface area contributed by atoms with Crippen LogP contribution in [0.1, 0.15) is 49.4 Å². The lowest BCUT2D eigenvalue weighted by atomic mass is 10.2. The molecule has 0 fully saturated rings. The van der Waals surface area contributed by atoms with Gasteiger partial charge in [-0.1, -0.05) is 36.4 Å². The molecule has 0 N–H and O–H groups in total. The van der Waals surface area contributed by atoms with Crippen LogP contribution in [0.4, 0.5) is 4.79 Å². The first-order valence-corrected chi connectivity index (χ1v) is 9.98. The molecule has 1 amide bonds. The summed E-state index contributed by atoms with van der Waals surface area (Å²) in [6, 6.07) is 14.0. The second kappa shape index (κ2) is 11.1. The smallest absolute Gasteiger partial charge is 0.410 e.